The molecule has 0 unspecified atom stereocenters. The van der Waals surface area contributed by atoms with Crippen LogP contribution in [0.15, 0.2) is 18.2 Å². The van der Waals surface area contributed by atoms with Crippen molar-refractivity contribution in [1.29, 1.82) is 5.26 Å². The first kappa shape index (κ1) is 13.7. The lowest BCUT2D eigenvalue weighted by Gasteiger charge is -2.22. The molecule has 1 heterocycles. The molecule has 1 aliphatic rings. The van der Waals surface area contributed by atoms with Gasteiger partial charge in [-0.3, -0.25) is 0 Å². The molecule has 0 aliphatic carbocycles. The summed E-state index contributed by atoms with van der Waals surface area (Å²) in [7, 11) is 0. The highest BCUT2D eigenvalue weighted by Crippen LogP contribution is 2.32. The lowest BCUT2D eigenvalue weighted by Crippen LogP contribution is -2.21. The van der Waals surface area contributed by atoms with E-state index >= 15 is 0 Å². The van der Waals surface area contributed by atoms with Crippen LogP contribution < -0.4 is 10.1 Å². The summed E-state index contributed by atoms with van der Waals surface area (Å²) in [6.45, 7) is 1.44. The van der Waals surface area contributed by atoms with Gasteiger partial charge in [-0.1, -0.05) is 6.07 Å². The SMILES string of the molecule is N#Cc1ccc(C2CC[N]CC2)cc1OC(F)(F)F. The van der Waals surface area contributed by atoms with Gasteiger partial charge in [0.05, 0.1) is 5.56 Å². The van der Waals surface area contributed by atoms with Crippen molar-refractivity contribution in [3.05, 3.63) is 29.3 Å². The first-order valence-electron chi connectivity index (χ1n) is 5.92. The van der Waals surface area contributed by atoms with Crippen LogP contribution in [0.4, 0.5) is 13.2 Å². The van der Waals surface area contributed by atoms with Crippen molar-refractivity contribution in [1.82, 2.24) is 5.32 Å². The molecular formula is C13H12F3N2O. The normalized spacial score (nSPS) is 16.9. The molecular weight excluding hydrogens is 257 g/mol. The number of hydrogen-bond donors (Lipinski definition) is 0. The summed E-state index contributed by atoms with van der Waals surface area (Å²) >= 11 is 0. The number of piperidine rings is 1. The molecule has 1 radical (unpaired) electrons. The summed E-state index contributed by atoms with van der Waals surface area (Å²) in [4.78, 5) is 0. The van der Waals surface area contributed by atoms with Gasteiger partial charge in [-0.15, -0.1) is 13.2 Å². The lowest BCUT2D eigenvalue weighted by molar-refractivity contribution is -0.274. The Morgan fingerprint density at radius 3 is 2.53 bits per heavy atom. The van der Waals surface area contributed by atoms with E-state index in [-0.39, 0.29) is 11.5 Å². The first-order chi connectivity index (χ1) is 8.99. The van der Waals surface area contributed by atoms with E-state index in [1.54, 1.807) is 12.1 Å². The van der Waals surface area contributed by atoms with Crippen LogP contribution in [0.3, 0.4) is 0 Å². The molecule has 101 valence electrons. The summed E-state index contributed by atoms with van der Waals surface area (Å²) < 4.78 is 40.8. The van der Waals surface area contributed by atoms with E-state index in [0.29, 0.717) is 0 Å². The van der Waals surface area contributed by atoms with Gasteiger partial charge in [0, 0.05) is 13.1 Å². The summed E-state index contributed by atoms with van der Waals surface area (Å²) in [6, 6.07) is 6.10. The molecule has 2 rings (SSSR count). The average molecular weight is 269 g/mol. The van der Waals surface area contributed by atoms with Crippen molar-refractivity contribution in [3.63, 3.8) is 0 Å². The van der Waals surface area contributed by atoms with Gasteiger partial charge in [-0.2, -0.15) is 5.26 Å². The molecule has 1 aromatic carbocycles. The van der Waals surface area contributed by atoms with Crippen LogP contribution in [0.25, 0.3) is 0 Å². The van der Waals surface area contributed by atoms with E-state index in [1.165, 1.54) is 12.1 Å². The predicted octanol–water partition coefficient (Wildman–Crippen LogP) is 2.94. The minimum absolute atomic E-state index is 0.110. The number of nitriles is 1. The summed E-state index contributed by atoms with van der Waals surface area (Å²) in [5.41, 5.74) is 0.662. The van der Waals surface area contributed by atoms with Crippen LogP contribution in [0, 0.1) is 11.3 Å². The van der Waals surface area contributed by atoms with Crippen LogP contribution in [-0.4, -0.2) is 19.5 Å². The molecule has 0 amide bonds. The van der Waals surface area contributed by atoms with Crippen LogP contribution in [0.2, 0.25) is 0 Å². The summed E-state index contributed by atoms with van der Waals surface area (Å²) in [5.74, 6) is -0.240. The number of alkyl halides is 3. The number of halogens is 3. The highest BCUT2D eigenvalue weighted by Gasteiger charge is 2.32. The van der Waals surface area contributed by atoms with Gasteiger partial charge in [0.1, 0.15) is 11.8 Å². The van der Waals surface area contributed by atoms with Crippen molar-refractivity contribution >= 4 is 0 Å². The minimum atomic E-state index is -4.79. The van der Waals surface area contributed by atoms with Crippen LogP contribution >= 0.6 is 0 Å². The Morgan fingerprint density at radius 1 is 1.26 bits per heavy atom. The van der Waals surface area contributed by atoms with Crippen LogP contribution in [-0.2, 0) is 0 Å². The first-order valence-corrected chi connectivity index (χ1v) is 5.92. The largest absolute Gasteiger partial charge is 0.573 e. The Kier molecular flexibility index (Phi) is 3.96. The molecule has 19 heavy (non-hydrogen) atoms. The monoisotopic (exact) mass is 269 g/mol. The zero-order valence-corrected chi connectivity index (χ0v) is 10.1. The highest BCUT2D eigenvalue weighted by molar-refractivity contribution is 5.46. The molecule has 6 heteroatoms. The van der Waals surface area contributed by atoms with Gasteiger partial charge >= 0.3 is 6.36 Å². The third kappa shape index (κ3) is 3.61. The molecule has 0 N–H and O–H groups in total. The Labute approximate surface area is 109 Å². The second-order valence-electron chi connectivity index (χ2n) is 4.36. The van der Waals surface area contributed by atoms with Gasteiger partial charge < -0.3 is 4.74 Å². The maximum absolute atomic E-state index is 12.3. The van der Waals surface area contributed by atoms with Crippen molar-refractivity contribution in [2.24, 2.45) is 0 Å². The van der Waals surface area contributed by atoms with E-state index in [4.69, 9.17) is 5.26 Å². The number of nitrogens with zero attached hydrogens (tertiary/aromatic N) is 2. The smallest absolute Gasteiger partial charge is 0.404 e. The Balaban J connectivity index is 2.27. The van der Waals surface area contributed by atoms with E-state index in [0.717, 1.165) is 31.5 Å². The van der Waals surface area contributed by atoms with Crippen molar-refractivity contribution in [3.8, 4) is 11.8 Å². The zero-order chi connectivity index (χ0) is 13.9. The van der Waals surface area contributed by atoms with Crippen LogP contribution in [0.1, 0.15) is 29.9 Å². The van der Waals surface area contributed by atoms with Crippen molar-refractivity contribution in [2.75, 3.05) is 13.1 Å². The molecule has 1 aliphatic heterocycles. The second kappa shape index (κ2) is 5.49. The maximum Gasteiger partial charge on any atom is 0.573 e. The Hall–Kier alpha value is -1.74. The molecule has 0 spiro atoms. The number of hydrogen-bond acceptors (Lipinski definition) is 2. The van der Waals surface area contributed by atoms with Crippen LogP contribution in [0.5, 0.6) is 5.75 Å². The standard InChI is InChI=1S/C13H12F3N2O/c14-13(15,16)19-12-7-10(1-2-11(12)8-17)9-3-5-18-6-4-9/h1-2,7,9H,3-6H2. The van der Waals surface area contributed by atoms with E-state index in [1.807, 2.05) is 0 Å². The molecule has 1 fully saturated rings. The van der Waals surface area contributed by atoms with Gasteiger partial charge in [0.15, 0.2) is 0 Å². The van der Waals surface area contributed by atoms with E-state index < -0.39 is 12.1 Å². The molecule has 0 bridgehead atoms. The molecule has 1 saturated heterocycles. The summed E-state index contributed by atoms with van der Waals surface area (Å²) in [5, 5.41) is 13.0. The predicted molar refractivity (Wildman–Crippen MR) is 61.7 cm³/mol. The fourth-order valence-electron chi connectivity index (χ4n) is 2.18. The molecule has 0 atom stereocenters. The molecule has 3 nitrogen and oxygen atoms in total. The fraction of sp³-hybridized carbons (Fsp3) is 0.462. The Bertz CT molecular complexity index is 488. The average Bonchev–Trinajstić information content (AvgIpc) is 2.38. The third-order valence-corrected chi connectivity index (χ3v) is 3.09. The highest BCUT2D eigenvalue weighted by atomic mass is 19.4. The molecule has 0 aromatic heterocycles. The Morgan fingerprint density at radius 2 is 1.95 bits per heavy atom. The number of ether oxygens (including phenoxy) is 1. The van der Waals surface area contributed by atoms with Gasteiger partial charge in [0.25, 0.3) is 0 Å². The third-order valence-electron chi connectivity index (χ3n) is 3.09. The maximum atomic E-state index is 12.3. The number of benzene rings is 1. The van der Waals surface area contributed by atoms with Gasteiger partial charge in [-0.05, 0) is 36.5 Å². The van der Waals surface area contributed by atoms with Crippen molar-refractivity contribution in [2.45, 2.75) is 25.1 Å². The topological polar surface area (TPSA) is 47.1 Å². The second-order valence-corrected chi connectivity index (χ2v) is 4.36. The van der Waals surface area contributed by atoms with Gasteiger partial charge in [-0.25, -0.2) is 5.32 Å². The number of rotatable bonds is 2. The molecule has 0 saturated carbocycles. The lowest BCUT2D eigenvalue weighted by atomic mass is 9.89. The van der Waals surface area contributed by atoms with Crippen molar-refractivity contribution < 1.29 is 17.9 Å². The molecule has 1 aromatic rings. The zero-order valence-electron chi connectivity index (χ0n) is 10.1. The van der Waals surface area contributed by atoms with E-state index in [2.05, 4.69) is 10.1 Å². The fourth-order valence-corrected chi connectivity index (χ4v) is 2.18. The quantitative estimate of drug-likeness (QED) is 0.828. The van der Waals surface area contributed by atoms with Gasteiger partial charge in [0.2, 0.25) is 0 Å². The van der Waals surface area contributed by atoms with E-state index in [9.17, 15) is 13.2 Å². The minimum Gasteiger partial charge on any atom is -0.404 e. The summed E-state index contributed by atoms with van der Waals surface area (Å²) in [6.07, 6.45) is -3.15.